The molecule has 1 atom stereocenters. The molecule has 21 heavy (non-hydrogen) atoms. The molecule has 1 aliphatic rings. The van der Waals surface area contributed by atoms with Crippen molar-refractivity contribution in [2.75, 3.05) is 37.9 Å². The van der Waals surface area contributed by atoms with E-state index < -0.39 is 0 Å². The van der Waals surface area contributed by atoms with Gasteiger partial charge in [-0.2, -0.15) is 0 Å². The van der Waals surface area contributed by atoms with E-state index in [0.29, 0.717) is 11.6 Å². The average molecular weight is 291 g/mol. The van der Waals surface area contributed by atoms with Gasteiger partial charge in [-0.1, -0.05) is 0 Å². The summed E-state index contributed by atoms with van der Waals surface area (Å²) in [5, 5.41) is 2.93. The van der Waals surface area contributed by atoms with Crippen LogP contribution in [0.3, 0.4) is 0 Å². The SMILES string of the molecule is CC(C(=O)Nc1ccc(N)cc1)N(C)CC1CCOCC1. The average Bonchev–Trinajstić information content (AvgIpc) is 2.49. The van der Waals surface area contributed by atoms with Crippen molar-refractivity contribution in [1.29, 1.82) is 0 Å². The lowest BCUT2D eigenvalue weighted by Crippen LogP contribution is -2.42. The summed E-state index contributed by atoms with van der Waals surface area (Å²) in [6.07, 6.45) is 2.16. The molecule has 5 heteroatoms. The van der Waals surface area contributed by atoms with Gasteiger partial charge in [-0.3, -0.25) is 9.69 Å². The van der Waals surface area contributed by atoms with Crippen LogP contribution in [0.15, 0.2) is 24.3 Å². The highest BCUT2D eigenvalue weighted by molar-refractivity contribution is 5.94. The molecule has 1 aromatic rings. The van der Waals surface area contributed by atoms with Gasteiger partial charge in [-0.15, -0.1) is 0 Å². The smallest absolute Gasteiger partial charge is 0.241 e. The maximum atomic E-state index is 12.3. The third kappa shape index (κ3) is 4.72. The van der Waals surface area contributed by atoms with Crippen LogP contribution < -0.4 is 11.1 Å². The maximum Gasteiger partial charge on any atom is 0.241 e. The largest absolute Gasteiger partial charge is 0.399 e. The number of carbonyl (C=O) groups is 1. The Morgan fingerprint density at radius 3 is 2.62 bits per heavy atom. The zero-order valence-electron chi connectivity index (χ0n) is 12.8. The van der Waals surface area contributed by atoms with Crippen LogP contribution in [-0.2, 0) is 9.53 Å². The molecule has 0 spiro atoms. The Labute approximate surface area is 126 Å². The molecule has 5 nitrogen and oxygen atoms in total. The standard InChI is InChI=1S/C16H25N3O2/c1-12(19(2)11-13-7-9-21-10-8-13)16(20)18-15-5-3-14(17)4-6-15/h3-6,12-13H,7-11,17H2,1-2H3,(H,18,20). The molecule has 2 rings (SSSR count). The van der Waals surface area contributed by atoms with Crippen LogP contribution in [0.4, 0.5) is 11.4 Å². The quantitative estimate of drug-likeness (QED) is 0.814. The predicted octanol–water partition coefficient (Wildman–Crippen LogP) is 1.95. The summed E-state index contributed by atoms with van der Waals surface area (Å²) in [6.45, 7) is 4.54. The van der Waals surface area contributed by atoms with Crippen LogP contribution in [0, 0.1) is 5.92 Å². The predicted molar refractivity (Wildman–Crippen MR) is 85.1 cm³/mol. The van der Waals surface area contributed by atoms with E-state index >= 15 is 0 Å². The van der Waals surface area contributed by atoms with E-state index in [1.54, 1.807) is 12.1 Å². The molecular weight excluding hydrogens is 266 g/mol. The number of hydrogen-bond donors (Lipinski definition) is 2. The number of carbonyl (C=O) groups excluding carboxylic acids is 1. The van der Waals surface area contributed by atoms with Gasteiger partial charge in [-0.05, 0) is 57.0 Å². The topological polar surface area (TPSA) is 67.6 Å². The van der Waals surface area contributed by atoms with Gasteiger partial charge < -0.3 is 15.8 Å². The minimum atomic E-state index is -0.162. The summed E-state index contributed by atoms with van der Waals surface area (Å²) in [4.78, 5) is 14.4. The van der Waals surface area contributed by atoms with Crippen molar-refractivity contribution in [3.63, 3.8) is 0 Å². The van der Waals surface area contributed by atoms with Crippen molar-refractivity contribution in [3.05, 3.63) is 24.3 Å². The van der Waals surface area contributed by atoms with Crippen molar-refractivity contribution in [1.82, 2.24) is 4.90 Å². The zero-order valence-corrected chi connectivity index (χ0v) is 12.8. The molecule has 1 aliphatic heterocycles. The number of nitrogens with zero attached hydrogens (tertiary/aromatic N) is 1. The van der Waals surface area contributed by atoms with E-state index in [1.807, 2.05) is 26.1 Å². The summed E-state index contributed by atoms with van der Waals surface area (Å²) in [6, 6.07) is 7.04. The number of ether oxygens (including phenoxy) is 1. The first-order chi connectivity index (χ1) is 10.1. The number of hydrogen-bond acceptors (Lipinski definition) is 4. The lowest BCUT2D eigenvalue weighted by atomic mass is 9.99. The molecule has 3 N–H and O–H groups in total. The summed E-state index contributed by atoms with van der Waals surface area (Å²) < 4.78 is 5.37. The Balaban J connectivity index is 1.84. The number of likely N-dealkylation sites (N-methyl/N-ethyl adjacent to an activating group) is 1. The van der Waals surface area contributed by atoms with Gasteiger partial charge in [0.1, 0.15) is 0 Å². The third-order valence-corrected chi connectivity index (χ3v) is 4.11. The molecule has 1 saturated heterocycles. The Hall–Kier alpha value is -1.59. The van der Waals surface area contributed by atoms with E-state index in [-0.39, 0.29) is 11.9 Å². The van der Waals surface area contributed by atoms with Crippen LogP contribution in [-0.4, -0.2) is 43.7 Å². The third-order valence-electron chi connectivity index (χ3n) is 4.11. The minimum absolute atomic E-state index is 0.00864. The van der Waals surface area contributed by atoms with Crippen molar-refractivity contribution < 1.29 is 9.53 Å². The molecule has 0 radical (unpaired) electrons. The van der Waals surface area contributed by atoms with Crippen LogP contribution in [0.5, 0.6) is 0 Å². The Morgan fingerprint density at radius 1 is 1.38 bits per heavy atom. The van der Waals surface area contributed by atoms with Crippen LogP contribution in [0.2, 0.25) is 0 Å². The normalized spacial score (nSPS) is 17.7. The van der Waals surface area contributed by atoms with Gasteiger partial charge in [0, 0.05) is 31.1 Å². The second-order valence-electron chi connectivity index (χ2n) is 5.78. The van der Waals surface area contributed by atoms with Crippen LogP contribution in [0.1, 0.15) is 19.8 Å². The fourth-order valence-electron chi connectivity index (χ4n) is 2.51. The Bertz CT molecular complexity index is 455. The van der Waals surface area contributed by atoms with Gasteiger partial charge >= 0.3 is 0 Å². The minimum Gasteiger partial charge on any atom is -0.399 e. The molecule has 1 fully saturated rings. The molecule has 1 unspecified atom stereocenters. The first-order valence-electron chi connectivity index (χ1n) is 7.50. The Kier molecular flexibility index (Phi) is 5.59. The zero-order chi connectivity index (χ0) is 15.2. The summed E-state index contributed by atoms with van der Waals surface area (Å²) in [7, 11) is 2.00. The summed E-state index contributed by atoms with van der Waals surface area (Å²) in [5.74, 6) is 0.629. The molecule has 1 aromatic carbocycles. The highest BCUT2D eigenvalue weighted by Gasteiger charge is 2.22. The second kappa shape index (κ2) is 7.43. The second-order valence-corrected chi connectivity index (χ2v) is 5.78. The molecular formula is C16H25N3O2. The molecule has 0 saturated carbocycles. The van der Waals surface area contributed by atoms with E-state index in [4.69, 9.17) is 10.5 Å². The number of nitrogens with two attached hydrogens (primary N) is 1. The number of nitrogen functional groups attached to an aromatic ring is 1. The first-order valence-corrected chi connectivity index (χ1v) is 7.50. The van der Waals surface area contributed by atoms with Crippen LogP contribution in [0.25, 0.3) is 0 Å². The van der Waals surface area contributed by atoms with Crippen molar-refractivity contribution in [2.45, 2.75) is 25.8 Å². The molecule has 0 aliphatic carbocycles. The number of nitrogens with one attached hydrogen (secondary N) is 1. The van der Waals surface area contributed by atoms with Crippen molar-refractivity contribution in [2.24, 2.45) is 5.92 Å². The van der Waals surface area contributed by atoms with Crippen molar-refractivity contribution >= 4 is 17.3 Å². The number of rotatable bonds is 5. The van der Waals surface area contributed by atoms with Gasteiger partial charge in [0.05, 0.1) is 6.04 Å². The highest BCUT2D eigenvalue weighted by atomic mass is 16.5. The van der Waals surface area contributed by atoms with E-state index in [1.165, 1.54) is 0 Å². The Morgan fingerprint density at radius 2 is 2.00 bits per heavy atom. The van der Waals surface area contributed by atoms with E-state index in [0.717, 1.165) is 38.3 Å². The number of benzene rings is 1. The monoisotopic (exact) mass is 291 g/mol. The highest BCUT2D eigenvalue weighted by Crippen LogP contribution is 2.17. The maximum absolute atomic E-state index is 12.3. The van der Waals surface area contributed by atoms with Gasteiger partial charge in [0.2, 0.25) is 5.91 Å². The molecule has 0 aromatic heterocycles. The summed E-state index contributed by atoms with van der Waals surface area (Å²) in [5.41, 5.74) is 7.11. The summed E-state index contributed by atoms with van der Waals surface area (Å²) >= 11 is 0. The molecule has 0 bridgehead atoms. The van der Waals surface area contributed by atoms with E-state index in [9.17, 15) is 4.79 Å². The fourth-order valence-corrected chi connectivity index (χ4v) is 2.51. The lowest BCUT2D eigenvalue weighted by Gasteiger charge is -2.30. The van der Waals surface area contributed by atoms with Gasteiger partial charge in [0.25, 0.3) is 0 Å². The molecule has 1 amide bonds. The molecule has 1 heterocycles. The number of anilines is 2. The molecule has 116 valence electrons. The van der Waals surface area contributed by atoms with Gasteiger partial charge in [-0.25, -0.2) is 0 Å². The number of amides is 1. The van der Waals surface area contributed by atoms with Crippen molar-refractivity contribution in [3.8, 4) is 0 Å². The lowest BCUT2D eigenvalue weighted by molar-refractivity contribution is -0.120. The first kappa shape index (κ1) is 15.8. The van der Waals surface area contributed by atoms with Crippen LogP contribution >= 0.6 is 0 Å². The fraction of sp³-hybridized carbons (Fsp3) is 0.562. The van der Waals surface area contributed by atoms with E-state index in [2.05, 4.69) is 10.2 Å². The van der Waals surface area contributed by atoms with Gasteiger partial charge in [0.15, 0.2) is 0 Å².